The van der Waals surface area contributed by atoms with Crippen LogP contribution in [-0.4, -0.2) is 72.6 Å². The predicted molar refractivity (Wildman–Crippen MR) is 92.2 cm³/mol. The molecular weight excluding hydrogens is 322 g/mol. The Hall–Kier alpha value is -1.86. The molecule has 138 valence electrons. The second-order valence-electron chi connectivity index (χ2n) is 7.26. The lowest BCUT2D eigenvalue weighted by Gasteiger charge is -2.41. The fraction of sp³-hybridized carbons (Fsp3) is 0.667. The maximum absolute atomic E-state index is 12.7. The Labute approximate surface area is 148 Å². The van der Waals surface area contributed by atoms with Crippen molar-refractivity contribution >= 4 is 11.8 Å². The number of ether oxygens (including phenoxy) is 1. The number of rotatable bonds is 5. The van der Waals surface area contributed by atoms with E-state index in [9.17, 15) is 9.59 Å². The molecule has 3 heterocycles. The minimum atomic E-state index is -0.418. The van der Waals surface area contributed by atoms with Gasteiger partial charge in [-0.1, -0.05) is 0 Å². The van der Waals surface area contributed by atoms with E-state index in [1.165, 1.54) is 6.26 Å². The first-order valence-corrected chi connectivity index (χ1v) is 8.94. The van der Waals surface area contributed by atoms with Crippen LogP contribution >= 0.6 is 0 Å². The zero-order valence-electron chi connectivity index (χ0n) is 15.0. The lowest BCUT2D eigenvalue weighted by Crippen LogP contribution is -2.57. The number of carbonyl (C=O) groups is 2. The van der Waals surface area contributed by atoms with Crippen molar-refractivity contribution in [3.63, 3.8) is 0 Å². The first-order valence-electron chi connectivity index (χ1n) is 8.94. The summed E-state index contributed by atoms with van der Waals surface area (Å²) in [5.41, 5.74) is -0.145. The zero-order valence-corrected chi connectivity index (χ0v) is 15.0. The standard InChI is InChI=1S/C18H27N3O4/c1-18(2,20-8-11-24-12-9-20)13-19-16(22)14-5-3-7-21(14)17(23)15-6-4-10-25-15/h4,6,10,14H,3,5,7-9,11-13H2,1-2H3,(H,19,22)/t14-/m1/s1. The van der Waals surface area contributed by atoms with Crippen LogP contribution in [0.5, 0.6) is 0 Å². The van der Waals surface area contributed by atoms with Crippen molar-refractivity contribution in [2.45, 2.75) is 38.3 Å². The van der Waals surface area contributed by atoms with E-state index < -0.39 is 6.04 Å². The number of nitrogens with one attached hydrogen (secondary N) is 1. The lowest BCUT2D eigenvalue weighted by atomic mass is 10.0. The third-order valence-electron chi connectivity index (χ3n) is 5.11. The normalized spacial score (nSPS) is 22.2. The van der Waals surface area contributed by atoms with Gasteiger partial charge >= 0.3 is 0 Å². The van der Waals surface area contributed by atoms with Gasteiger partial charge in [0.15, 0.2) is 5.76 Å². The molecule has 1 N–H and O–H groups in total. The van der Waals surface area contributed by atoms with Crippen LogP contribution < -0.4 is 5.32 Å². The largest absolute Gasteiger partial charge is 0.459 e. The molecular formula is C18H27N3O4. The highest BCUT2D eigenvalue weighted by atomic mass is 16.5. The van der Waals surface area contributed by atoms with Crippen molar-refractivity contribution in [1.29, 1.82) is 0 Å². The highest BCUT2D eigenvalue weighted by molar-refractivity contribution is 5.96. The molecule has 2 saturated heterocycles. The number of amides is 2. The van der Waals surface area contributed by atoms with Crippen molar-refractivity contribution in [3.8, 4) is 0 Å². The highest BCUT2D eigenvalue weighted by Crippen LogP contribution is 2.21. The van der Waals surface area contributed by atoms with Gasteiger partial charge in [-0.2, -0.15) is 0 Å². The molecule has 7 heteroatoms. The molecule has 1 aromatic heterocycles. The third kappa shape index (κ3) is 4.04. The van der Waals surface area contributed by atoms with Crippen molar-refractivity contribution in [3.05, 3.63) is 24.2 Å². The number of furan rings is 1. The van der Waals surface area contributed by atoms with Gasteiger partial charge in [0.05, 0.1) is 19.5 Å². The second kappa shape index (κ2) is 7.58. The average Bonchev–Trinajstić information content (AvgIpc) is 3.31. The van der Waals surface area contributed by atoms with Crippen LogP contribution in [0.25, 0.3) is 0 Å². The van der Waals surface area contributed by atoms with E-state index in [1.54, 1.807) is 17.0 Å². The van der Waals surface area contributed by atoms with Crippen LogP contribution in [0, 0.1) is 0 Å². The number of likely N-dealkylation sites (tertiary alicyclic amines) is 1. The van der Waals surface area contributed by atoms with Gasteiger partial charge < -0.3 is 19.4 Å². The maximum Gasteiger partial charge on any atom is 0.290 e. The van der Waals surface area contributed by atoms with E-state index in [2.05, 4.69) is 24.1 Å². The molecule has 1 atom stereocenters. The quantitative estimate of drug-likeness (QED) is 0.862. The van der Waals surface area contributed by atoms with Gasteiger partial charge in [-0.05, 0) is 38.8 Å². The lowest BCUT2D eigenvalue weighted by molar-refractivity contribution is -0.125. The van der Waals surface area contributed by atoms with Gasteiger partial charge in [0.25, 0.3) is 5.91 Å². The first kappa shape index (κ1) is 17.9. The SMILES string of the molecule is CC(C)(CNC(=O)[C@H]1CCCN1C(=O)c1ccco1)N1CCOCC1. The van der Waals surface area contributed by atoms with Crippen LogP contribution in [0.15, 0.2) is 22.8 Å². The Bertz CT molecular complexity index is 593. The molecule has 0 radical (unpaired) electrons. The number of hydrogen-bond donors (Lipinski definition) is 1. The monoisotopic (exact) mass is 349 g/mol. The van der Waals surface area contributed by atoms with Gasteiger partial charge in [-0.25, -0.2) is 0 Å². The summed E-state index contributed by atoms with van der Waals surface area (Å²) in [6, 6.07) is 2.90. The van der Waals surface area contributed by atoms with Crippen LogP contribution in [0.1, 0.15) is 37.2 Å². The van der Waals surface area contributed by atoms with Gasteiger partial charge in [0.2, 0.25) is 5.91 Å². The number of carbonyl (C=O) groups excluding carboxylic acids is 2. The van der Waals surface area contributed by atoms with E-state index in [1.807, 2.05) is 0 Å². The number of morpholine rings is 1. The average molecular weight is 349 g/mol. The molecule has 0 aliphatic carbocycles. The Morgan fingerprint density at radius 2 is 2.04 bits per heavy atom. The van der Waals surface area contributed by atoms with E-state index in [0.29, 0.717) is 19.5 Å². The minimum Gasteiger partial charge on any atom is -0.459 e. The molecule has 2 aliphatic rings. The zero-order chi connectivity index (χ0) is 17.9. The summed E-state index contributed by atoms with van der Waals surface area (Å²) in [4.78, 5) is 29.1. The van der Waals surface area contributed by atoms with Crippen LogP contribution in [-0.2, 0) is 9.53 Å². The van der Waals surface area contributed by atoms with Crippen LogP contribution in [0.2, 0.25) is 0 Å². The molecule has 3 rings (SSSR count). The highest BCUT2D eigenvalue weighted by Gasteiger charge is 2.36. The molecule has 0 bridgehead atoms. The van der Waals surface area contributed by atoms with Crippen molar-refractivity contribution in [1.82, 2.24) is 15.1 Å². The van der Waals surface area contributed by atoms with Gasteiger partial charge in [0, 0.05) is 31.7 Å². The Morgan fingerprint density at radius 3 is 2.72 bits per heavy atom. The smallest absolute Gasteiger partial charge is 0.290 e. The molecule has 0 aromatic carbocycles. The summed E-state index contributed by atoms with van der Waals surface area (Å²) < 4.78 is 10.6. The second-order valence-corrected chi connectivity index (χ2v) is 7.26. The molecule has 2 aliphatic heterocycles. The topological polar surface area (TPSA) is 75.0 Å². The molecule has 2 fully saturated rings. The summed E-state index contributed by atoms with van der Waals surface area (Å²) in [5, 5.41) is 3.05. The van der Waals surface area contributed by atoms with Crippen molar-refractivity contribution in [2.75, 3.05) is 39.4 Å². The van der Waals surface area contributed by atoms with Crippen molar-refractivity contribution in [2.24, 2.45) is 0 Å². The Kier molecular flexibility index (Phi) is 5.44. The fourth-order valence-corrected chi connectivity index (χ4v) is 3.53. The van der Waals surface area contributed by atoms with Crippen molar-refractivity contribution < 1.29 is 18.7 Å². The summed E-state index contributed by atoms with van der Waals surface area (Å²) in [6.45, 7) is 8.58. The fourth-order valence-electron chi connectivity index (χ4n) is 3.53. The predicted octanol–water partition coefficient (Wildman–Crippen LogP) is 1.11. The van der Waals surface area contributed by atoms with Gasteiger partial charge in [0.1, 0.15) is 6.04 Å². The Morgan fingerprint density at radius 1 is 1.28 bits per heavy atom. The van der Waals surface area contributed by atoms with E-state index in [0.717, 1.165) is 32.7 Å². The molecule has 0 spiro atoms. The number of nitrogens with zero attached hydrogens (tertiary/aromatic N) is 2. The van der Waals surface area contributed by atoms with Gasteiger partial charge in [-0.15, -0.1) is 0 Å². The van der Waals surface area contributed by atoms with Crippen LogP contribution in [0.4, 0.5) is 0 Å². The summed E-state index contributed by atoms with van der Waals surface area (Å²) in [7, 11) is 0. The summed E-state index contributed by atoms with van der Waals surface area (Å²) >= 11 is 0. The molecule has 0 saturated carbocycles. The first-order chi connectivity index (χ1) is 12.0. The molecule has 7 nitrogen and oxygen atoms in total. The maximum atomic E-state index is 12.7. The van der Waals surface area contributed by atoms with E-state index in [4.69, 9.17) is 9.15 Å². The molecule has 0 unspecified atom stereocenters. The third-order valence-corrected chi connectivity index (χ3v) is 5.11. The molecule has 2 amide bonds. The summed E-state index contributed by atoms with van der Waals surface area (Å²) in [6.07, 6.45) is 3.00. The van der Waals surface area contributed by atoms with E-state index >= 15 is 0 Å². The Balaban J connectivity index is 1.57. The number of hydrogen-bond acceptors (Lipinski definition) is 5. The van der Waals surface area contributed by atoms with Gasteiger partial charge in [-0.3, -0.25) is 14.5 Å². The van der Waals surface area contributed by atoms with E-state index in [-0.39, 0.29) is 23.1 Å². The van der Waals surface area contributed by atoms with Crippen LogP contribution in [0.3, 0.4) is 0 Å². The summed E-state index contributed by atoms with van der Waals surface area (Å²) in [5.74, 6) is -0.0119. The minimum absolute atomic E-state index is 0.0845. The molecule has 25 heavy (non-hydrogen) atoms. The molecule has 1 aromatic rings.